The van der Waals surface area contributed by atoms with Crippen molar-refractivity contribution in [2.75, 3.05) is 33.7 Å². The minimum Gasteiger partial charge on any atom is -0.388 e. The fourth-order valence-electron chi connectivity index (χ4n) is 1.80. The van der Waals surface area contributed by atoms with E-state index in [1.54, 1.807) is 0 Å². The molecule has 0 aliphatic heterocycles. The first-order chi connectivity index (χ1) is 8.49. The molecular formula is C15H22N2O. The average molecular weight is 246 g/mol. The topological polar surface area (TPSA) is 35.5 Å². The summed E-state index contributed by atoms with van der Waals surface area (Å²) in [6.07, 6.45) is 0. The van der Waals surface area contributed by atoms with Gasteiger partial charge in [0.25, 0.3) is 0 Å². The van der Waals surface area contributed by atoms with Gasteiger partial charge in [-0.15, -0.1) is 0 Å². The molecule has 1 rings (SSSR count). The summed E-state index contributed by atoms with van der Waals surface area (Å²) in [5, 5.41) is 13.2. The number of nitrogens with one attached hydrogen (secondary N) is 1. The third-order valence-corrected chi connectivity index (χ3v) is 2.38. The molecule has 1 atom stereocenters. The number of aliphatic hydroxyl groups is 1. The Balaban J connectivity index is 2.29. The Kier molecular flexibility index (Phi) is 5.87. The molecule has 0 bridgehead atoms. The Bertz CT molecular complexity index is 401. The first kappa shape index (κ1) is 14.7. The number of nitrogens with zero attached hydrogens (tertiary/aromatic N) is 1. The van der Waals surface area contributed by atoms with Crippen LogP contribution >= 0.6 is 0 Å². The van der Waals surface area contributed by atoms with E-state index in [2.05, 4.69) is 17.2 Å². The first-order valence-electron chi connectivity index (χ1n) is 6.11. The van der Waals surface area contributed by atoms with Crippen LogP contribution in [0.2, 0.25) is 0 Å². The third kappa shape index (κ3) is 6.41. The molecule has 2 N–H and O–H groups in total. The summed E-state index contributed by atoms with van der Waals surface area (Å²) < 4.78 is 0. The van der Waals surface area contributed by atoms with Crippen molar-refractivity contribution < 1.29 is 5.11 Å². The van der Waals surface area contributed by atoms with Gasteiger partial charge in [0, 0.05) is 18.7 Å². The zero-order valence-electron chi connectivity index (χ0n) is 11.4. The summed E-state index contributed by atoms with van der Waals surface area (Å²) in [5.74, 6) is 6.11. The number of hydrogen-bond donors (Lipinski definition) is 2. The van der Waals surface area contributed by atoms with Crippen LogP contribution in [0, 0.1) is 11.8 Å². The van der Waals surface area contributed by atoms with Crippen molar-refractivity contribution in [2.45, 2.75) is 12.5 Å². The molecule has 0 fully saturated rings. The maximum atomic E-state index is 10.0. The fourth-order valence-corrected chi connectivity index (χ4v) is 1.80. The molecule has 0 saturated carbocycles. The Morgan fingerprint density at radius 2 is 1.94 bits per heavy atom. The molecule has 1 unspecified atom stereocenters. The molecule has 18 heavy (non-hydrogen) atoms. The summed E-state index contributed by atoms with van der Waals surface area (Å²) in [7, 11) is 3.90. The number of likely N-dealkylation sites (N-methyl/N-ethyl adjacent to an activating group) is 1. The monoisotopic (exact) mass is 246 g/mol. The second-order valence-electron chi connectivity index (χ2n) is 5.01. The number of hydrogen-bond acceptors (Lipinski definition) is 3. The van der Waals surface area contributed by atoms with Gasteiger partial charge in [0.15, 0.2) is 0 Å². The van der Waals surface area contributed by atoms with Crippen LogP contribution in [0.4, 0.5) is 0 Å². The average Bonchev–Trinajstić information content (AvgIpc) is 2.28. The molecule has 98 valence electrons. The van der Waals surface area contributed by atoms with Gasteiger partial charge in [0.05, 0.1) is 12.1 Å². The maximum absolute atomic E-state index is 10.0. The number of benzene rings is 1. The van der Waals surface area contributed by atoms with E-state index in [0.717, 1.165) is 5.56 Å². The number of rotatable bonds is 5. The second kappa shape index (κ2) is 7.17. The molecule has 1 aromatic rings. The summed E-state index contributed by atoms with van der Waals surface area (Å²) in [6.45, 7) is 3.57. The van der Waals surface area contributed by atoms with Gasteiger partial charge in [-0.2, -0.15) is 0 Å². The Morgan fingerprint density at radius 3 is 2.56 bits per heavy atom. The van der Waals surface area contributed by atoms with Crippen molar-refractivity contribution in [1.82, 2.24) is 10.2 Å². The zero-order valence-corrected chi connectivity index (χ0v) is 11.4. The van der Waals surface area contributed by atoms with E-state index in [1.807, 2.05) is 56.3 Å². The maximum Gasteiger partial charge on any atom is 0.0869 e. The van der Waals surface area contributed by atoms with Gasteiger partial charge >= 0.3 is 0 Å². The lowest BCUT2D eigenvalue weighted by molar-refractivity contribution is 0.0348. The Labute approximate surface area is 110 Å². The van der Waals surface area contributed by atoms with Crippen LogP contribution in [0.3, 0.4) is 0 Å². The fraction of sp³-hybridized carbons (Fsp3) is 0.467. The molecule has 0 aliphatic carbocycles. The zero-order chi connectivity index (χ0) is 13.4. The van der Waals surface area contributed by atoms with Crippen molar-refractivity contribution in [1.29, 1.82) is 0 Å². The normalized spacial score (nSPS) is 13.8. The molecule has 0 heterocycles. The third-order valence-electron chi connectivity index (χ3n) is 2.38. The van der Waals surface area contributed by atoms with Gasteiger partial charge in [0.1, 0.15) is 0 Å². The standard InChI is InChI=1S/C15H22N2O/c1-15(18,13-17(2)3)12-16-11-7-10-14-8-5-4-6-9-14/h4-6,8-9,16,18H,11-13H2,1-3H3. The van der Waals surface area contributed by atoms with Crippen molar-refractivity contribution in [3.05, 3.63) is 35.9 Å². The van der Waals surface area contributed by atoms with E-state index in [-0.39, 0.29) is 0 Å². The van der Waals surface area contributed by atoms with Gasteiger partial charge in [-0.3, -0.25) is 0 Å². The minimum atomic E-state index is -0.724. The lowest BCUT2D eigenvalue weighted by Gasteiger charge is -2.26. The summed E-state index contributed by atoms with van der Waals surface area (Å²) in [4.78, 5) is 1.97. The second-order valence-corrected chi connectivity index (χ2v) is 5.01. The highest BCUT2D eigenvalue weighted by atomic mass is 16.3. The molecule has 3 heteroatoms. The highest BCUT2D eigenvalue weighted by Gasteiger charge is 2.19. The Morgan fingerprint density at radius 1 is 1.28 bits per heavy atom. The van der Waals surface area contributed by atoms with Crippen LogP contribution in [0.1, 0.15) is 12.5 Å². The van der Waals surface area contributed by atoms with Crippen LogP contribution in [0.15, 0.2) is 30.3 Å². The van der Waals surface area contributed by atoms with Crippen molar-refractivity contribution >= 4 is 0 Å². The predicted octanol–water partition coefficient (Wildman–Crippen LogP) is 0.940. The molecule has 0 radical (unpaired) electrons. The van der Waals surface area contributed by atoms with E-state index in [1.165, 1.54) is 0 Å². The highest BCUT2D eigenvalue weighted by molar-refractivity contribution is 5.33. The van der Waals surface area contributed by atoms with E-state index < -0.39 is 5.60 Å². The predicted molar refractivity (Wildman–Crippen MR) is 75.4 cm³/mol. The van der Waals surface area contributed by atoms with Crippen LogP contribution in [0.25, 0.3) is 0 Å². The summed E-state index contributed by atoms with van der Waals surface area (Å²) in [6, 6.07) is 9.88. The lowest BCUT2D eigenvalue weighted by atomic mass is 10.1. The molecule has 1 aromatic carbocycles. The quantitative estimate of drug-likeness (QED) is 0.599. The SMILES string of the molecule is CN(C)CC(C)(O)CNCC#Cc1ccccc1. The van der Waals surface area contributed by atoms with Gasteiger partial charge in [0.2, 0.25) is 0 Å². The van der Waals surface area contributed by atoms with E-state index in [4.69, 9.17) is 0 Å². The Hall–Kier alpha value is -1.34. The molecule has 0 saturated heterocycles. The van der Waals surface area contributed by atoms with Gasteiger partial charge < -0.3 is 15.3 Å². The molecular weight excluding hydrogens is 224 g/mol. The van der Waals surface area contributed by atoms with Gasteiger partial charge in [-0.05, 0) is 33.2 Å². The van der Waals surface area contributed by atoms with Crippen LogP contribution in [-0.2, 0) is 0 Å². The van der Waals surface area contributed by atoms with Crippen LogP contribution in [-0.4, -0.2) is 49.3 Å². The molecule has 0 aromatic heterocycles. The van der Waals surface area contributed by atoms with Crippen LogP contribution < -0.4 is 5.32 Å². The van der Waals surface area contributed by atoms with Crippen molar-refractivity contribution in [2.24, 2.45) is 0 Å². The summed E-state index contributed by atoms with van der Waals surface area (Å²) in [5.41, 5.74) is 0.289. The minimum absolute atomic E-state index is 0.536. The van der Waals surface area contributed by atoms with E-state index in [9.17, 15) is 5.11 Å². The van der Waals surface area contributed by atoms with Crippen molar-refractivity contribution in [3.8, 4) is 11.8 Å². The van der Waals surface area contributed by atoms with E-state index >= 15 is 0 Å². The largest absolute Gasteiger partial charge is 0.388 e. The van der Waals surface area contributed by atoms with Gasteiger partial charge in [-0.1, -0.05) is 30.0 Å². The smallest absolute Gasteiger partial charge is 0.0869 e. The highest BCUT2D eigenvalue weighted by Crippen LogP contribution is 2.01. The van der Waals surface area contributed by atoms with Crippen LogP contribution in [0.5, 0.6) is 0 Å². The molecule has 0 aliphatic rings. The molecule has 0 amide bonds. The van der Waals surface area contributed by atoms with E-state index in [0.29, 0.717) is 19.6 Å². The molecule has 0 spiro atoms. The first-order valence-corrected chi connectivity index (χ1v) is 6.11. The van der Waals surface area contributed by atoms with Gasteiger partial charge in [-0.25, -0.2) is 0 Å². The van der Waals surface area contributed by atoms with Crippen molar-refractivity contribution in [3.63, 3.8) is 0 Å². The molecule has 3 nitrogen and oxygen atoms in total. The summed E-state index contributed by atoms with van der Waals surface area (Å²) >= 11 is 0. The lowest BCUT2D eigenvalue weighted by Crippen LogP contribution is -2.45.